The van der Waals surface area contributed by atoms with Gasteiger partial charge in [0.05, 0.1) is 17.6 Å². The van der Waals surface area contributed by atoms with E-state index in [-0.39, 0.29) is 75.6 Å². The van der Waals surface area contributed by atoms with Gasteiger partial charge in [-0.05, 0) is 97.6 Å². The maximum Gasteiger partial charge on any atom is 0.407 e. The predicted octanol–water partition coefficient (Wildman–Crippen LogP) is 4.47. The van der Waals surface area contributed by atoms with Crippen molar-refractivity contribution < 1.29 is 48.2 Å². The quantitative estimate of drug-likeness (QED) is 0.0276. The number of hydrogen-bond acceptors (Lipinski definition) is 14. The molecule has 0 aliphatic carbocycles. The molecule has 0 saturated carbocycles. The molecular formula is C53H70N12O10. The molecule has 402 valence electrons. The minimum Gasteiger partial charge on any atom is -0.445 e. The number of ether oxygens (including phenoxy) is 1. The van der Waals surface area contributed by atoms with E-state index in [2.05, 4.69) is 55.7 Å². The van der Waals surface area contributed by atoms with E-state index in [0.717, 1.165) is 42.0 Å². The Bertz CT molecular complexity index is 2590. The number of nitrogens with two attached hydrogens (primary N) is 2. The van der Waals surface area contributed by atoms with Crippen LogP contribution in [-0.2, 0) is 41.9 Å². The van der Waals surface area contributed by atoms with Crippen LogP contribution < -0.4 is 43.4 Å². The molecule has 2 aliphatic rings. The molecule has 3 heterocycles. The molecule has 0 saturated heterocycles. The molecule has 0 bridgehead atoms. The molecule has 1 unspecified atom stereocenters. The average Bonchev–Trinajstić information content (AvgIpc) is 3.59. The second kappa shape index (κ2) is 29.0. The minimum absolute atomic E-state index is 0.0372. The maximum atomic E-state index is 13.6. The Morgan fingerprint density at radius 2 is 1.55 bits per heavy atom. The molecule has 9 amide bonds. The van der Waals surface area contributed by atoms with Gasteiger partial charge in [-0.25, -0.2) is 14.6 Å². The van der Waals surface area contributed by atoms with Crippen molar-refractivity contribution in [1.29, 1.82) is 0 Å². The highest BCUT2D eigenvalue weighted by Crippen LogP contribution is 2.30. The van der Waals surface area contributed by atoms with Crippen molar-refractivity contribution in [2.45, 2.75) is 117 Å². The summed E-state index contributed by atoms with van der Waals surface area (Å²) >= 11 is 0. The average molecular weight is 1040 g/mol. The number of carbonyl (C=O) groups is 8. The Hall–Kier alpha value is -7.98. The summed E-state index contributed by atoms with van der Waals surface area (Å²) in [7, 11) is 0. The number of nitrogens with one attached hydrogen (secondary N) is 6. The molecule has 0 spiro atoms. The third-order valence-corrected chi connectivity index (χ3v) is 12.1. The van der Waals surface area contributed by atoms with Gasteiger partial charge in [-0.15, -0.1) is 0 Å². The van der Waals surface area contributed by atoms with Crippen molar-refractivity contribution in [1.82, 2.24) is 36.1 Å². The fourth-order valence-electron chi connectivity index (χ4n) is 8.25. The number of unbranched alkanes of at least 4 members (excludes halogenated alkanes) is 2. The van der Waals surface area contributed by atoms with Crippen LogP contribution >= 0.6 is 0 Å². The smallest absolute Gasteiger partial charge is 0.407 e. The largest absolute Gasteiger partial charge is 0.445 e. The second-order valence-corrected chi connectivity index (χ2v) is 18.6. The summed E-state index contributed by atoms with van der Waals surface area (Å²) in [6.45, 7) is 9.44. The number of pyridine rings is 1. The Labute approximate surface area is 436 Å². The third-order valence-electron chi connectivity index (χ3n) is 12.1. The van der Waals surface area contributed by atoms with Gasteiger partial charge in [-0.3, -0.25) is 43.6 Å². The van der Waals surface area contributed by atoms with E-state index >= 15 is 0 Å². The highest BCUT2D eigenvalue weighted by molar-refractivity contribution is 6.13. The van der Waals surface area contributed by atoms with Gasteiger partial charge in [0.2, 0.25) is 17.7 Å². The number of aliphatic imine (C=N–C) groups is 1. The number of benzene rings is 2. The zero-order valence-corrected chi connectivity index (χ0v) is 43.0. The first-order valence-electron chi connectivity index (χ1n) is 25.3. The van der Waals surface area contributed by atoms with Crippen LogP contribution in [-0.4, -0.2) is 118 Å². The minimum atomic E-state index is -1.06. The Morgan fingerprint density at radius 1 is 0.827 bits per heavy atom. The van der Waals surface area contributed by atoms with Crippen molar-refractivity contribution in [3.63, 3.8) is 0 Å². The standard InChI is InChI=1S/C53H70N12O10/c1-5-22-64(23-6-2)51(72)38-26-36-15-16-37(27-42(36)61-43(54)28-38)48(69)60-40-25-35(29-56-31-40)30-58-53(74)75-32-34-13-17-39(18-14-34)59-49(70)41(11-10-21-57-52(55)73)62-50(71)47(33(3)4)63-44(66)12-8-7-9-24-65-45(67)19-20-46(65)68/h13-20,25-27,29,31,33,41,47,51,72H,5-12,21-24,28,30,32H2,1-4H3,(H2,54,61)(H,58,74)(H,59,70)(H,60,69)(H,62,71)(H,63,66)(H3,55,57,73)/t41-,47-,51?/m0/s1. The summed E-state index contributed by atoms with van der Waals surface area (Å²) in [5.74, 6) is -2.66. The first-order chi connectivity index (χ1) is 35.9. The van der Waals surface area contributed by atoms with Gasteiger partial charge >= 0.3 is 12.1 Å². The topological polar surface area (TPSA) is 322 Å². The van der Waals surface area contributed by atoms with Gasteiger partial charge in [0.1, 0.15) is 30.8 Å². The lowest BCUT2D eigenvalue weighted by molar-refractivity contribution is -0.137. The summed E-state index contributed by atoms with van der Waals surface area (Å²) in [4.78, 5) is 113. The van der Waals surface area contributed by atoms with E-state index in [1.807, 2.05) is 11.0 Å². The molecule has 5 rings (SSSR count). The zero-order valence-electron chi connectivity index (χ0n) is 43.0. The number of carbonyl (C=O) groups excluding carboxylic acids is 8. The van der Waals surface area contributed by atoms with E-state index in [9.17, 15) is 43.5 Å². The van der Waals surface area contributed by atoms with Crippen LogP contribution in [0, 0.1) is 5.92 Å². The van der Waals surface area contributed by atoms with Crippen LogP contribution in [0.15, 0.2) is 83.6 Å². The molecule has 3 atom stereocenters. The van der Waals surface area contributed by atoms with Gasteiger partial charge in [0.25, 0.3) is 17.7 Å². The highest BCUT2D eigenvalue weighted by atomic mass is 16.5. The fraction of sp³-hybridized carbons (Fsp3) is 0.434. The molecule has 0 radical (unpaired) electrons. The zero-order chi connectivity index (χ0) is 54.4. The number of primary amides is 1. The number of aliphatic hydroxyl groups is 1. The van der Waals surface area contributed by atoms with Gasteiger partial charge in [-0.2, -0.15) is 0 Å². The normalized spacial score (nSPS) is 14.2. The predicted molar refractivity (Wildman–Crippen MR) is 283 cm³/mol. The van der Waals surface area contributed by atoms with Crippen molar-refractivity contribution in [3.8, 4) is 0 Å². The van der Waals surface area contributed by atoms with Crippen LogP contribution in [0.25, 0.3) is 6.08 Å². The molecule has 11 N–H and O–H groups in total. The molecule has 0 fully saturated rings. The van der Waals surface area contributed by atoms with E-state index in [1.165, 1.54) is 24.5 Å². The van der Waals surface area contributed by atoms with E-state index in [1.54, 1.807) is 62.4 Å². The summed E-state index contributed by atoms with van der Waals surface area (Å²) in [6, 6.07) is 10.5. The molecule has 22 nitrogen and oxygen atoms in total. The molecule has 3 aromatic rings. The SMILES string of the molecule is CCCN(CCC)C(O)C1=Cc2ccc(C(=O)Nc3cncc(CNC(=O)OCc4ccc(NC(=O)[C@H](CCCNC(N)=O)NC(=O)[C@@H](NC(=O)CCCCCN5C(=O)C=CC5=O)C(C)C)cc4)c3)cc2N=C(N)C1. The molecule has 2 aliphatic heterocycles. The number of alkyl carbamates (subject to hydrolysis) is 1. The van der Waals surface area contributed by atoms with Crippen molar-refractivity contribution >= 4 is 76.5 Å². The van der Waals surface area contributed by atoms with Crippen molar-refractivity contribution in [2.75, 3.05) is 36.8 Å². The van der Waals surface area contributed by atoms with Crippen molar-refractivity contribution in [2.24, 2.45) is 22.4 Å². The molecule has 1 aromatic heterocycles. The van der Waals surface area contributed by atoms with Crippen LogP contribution in [0.5, 0.6) is 0 Å². The summed E-state index contributed by atoms with van der Waals surface area (Å²) < 4.78 is 5.41. The van der Waals surface area contributed by atoms with E-state index in [0.29, 0.717) is 58.9 Å². The lowest BCUT2D eigenvalue weighted by atomic mass is 10.0. The monoisotopic (exact) mass is 1030 g/mol. The fourth-order valence-corrected chi connectivity index (χ4v) is 8.25. The first kappa shape index (κ1) is 57.9. The third kappa shape index (κ3) is 18.5. The van der Waals surface area contributed by atoms with Crippen LogP contribution in [0.3, 0.4) is 0 Å². The van der Waals surface area contributed by atoms with Crippen molar-refractivity contribution in [3.05, 3.63) is 101 Å². The Balaban J connectivity index is 1.09. The number of urea groups is 1. The number of amidine groups is 1. The summed E-state index contributed by atoms with van der Waals surface area (Å²) in [5, 5.41) is 27.5. The maximum absolute atomic E-state index is 13.6. The number of fused-ring (bicyclic) bond motifs is 1. The van der Waals surface area contributed by atoms with Gasteiger partial charge < -0.3 is 53.2 Å². The Kier molecular flexibility index (Phi) is 22.4. The lowest BCUT2D eigenvalue weighted by Crippen LogP contribution is -2.54. The van der Waals surface area contributed by atoms with Crippen LogP contribution in [0.1, 0.15) is 113 Å². The summed E-state index contributed by atoms with van der Waals surface area (Å²) in [5.41, 5.74) is 15.7. The number of rotatable bonds is 28. The number of aliphatic hydroxyl groups excluding tert-OH is 1. The number of hydrogen-bond donors (Lipinski definition) is 9. The molecule has 22 heteroatoms. The summed E-state index contributed by atoms with van der Waals surface area (Å²) in [6.07, 6.45) is 9.95. The molecule has 75 heavy (non-hydrogen) atoms. The number of nitrogens with zero attached hydrogens (tertiary/aromatic N) is 4. The highest BCUT2D eigenvalue weighted by Gasteiger charge is 2.29. The lowest BCUT2D eigenvalue weighted by Gasteiger charge is -2.28. The number of imide groups is 1. The van der Waals surface area contributed by atoms with Gasteiger partial charge in [0.15, 0.2) is 0 Å². The first-order valence-corrected chi connectivity index (χ1v) is 25.3. The number of anilines is 2. The van der Waals surface area contributed by atoms with Gasteiger partial charge in [-0.1, -0.05) is 52.3 Å². The van der Waals surface area contributed by atoms with E-state index in [4.69, 9.17) is 16.2 Å². The number of aromatic nitrogens is 1. The van der Waals surface area contributed by atoms with Crippen LogP contribution in [0.2, 0.25) is 0 Å². The molecular weight excluding hydrogens is 965 g/mol. The Morgan fingerprint density at radius 3 is 2.23 bits per heavy atom. The molecule has 2 aromatic carbocycles. The van der Waals surface area contributed by atoms with E-state index < -0.39 is 48.2 Å². The number of amides is 9. The van der Waals surface area contributed by atoms with Gasteiger partial charge in [0, 0.05) is 80.7 Å². The van der Waals surface area contributed by atoms with Crippen LogP contribution in [0.4, 0.5) is 26.7 Å². The second-order valence-electron chi connectivity index (χ2n) is 18.6.